The van der Waals surface area contributed by atoms with Gasteiger partial charge in [0.25, 0.3) is 0 Å². The number of halogens is 3. The van der Waals surface area contributed by atoms with E-state index >= 15 is 4.39 Å². The van der Waals surface area contributed by atoms with E-state index in [1.165, 1.54) is 41.6 Å². The minimum atomic E-state index is -0.700. The van der Waals surface area contributed by atoms with Crippen LogP contribution in [0.4, 0.5) is 14.6 Å². The van der Waals surface area contributed by atoms with E-state index in [2.05, 4.69) is 25.6 Å². The van der Waals surface area contributed by atoms with Crippen molar-refractivity contribution in [1.29, 1.82) is 0 Å². The third kappa shape index (κ3) is 3.95. The van der Waals surface area contributed by atoms with Crippen molar-refractivity contribution in [2.24, 2.45) is 0 Å². The highest BCUT2D eigenvalue weighted by Crippen LogP contribution is 2.37. The Labute approximate surface area is 213 Å². The van der Waals surface area contributed by atoms with Crippen LogP contribution in [0.2, 0.25) is 5.02 Å². The zero-order valence-corrected chi connectivity index (χ0v) is 19.8. The average molecular weight is 522 g/mol. The third-order valence-corrected chi connectivity index (χ3v) is 6.74. The fourth-order valence-electron chi connectivity index (χ4n) is 4.80. The van der Waals surface area contributed by atoms with Crippen molar-refractivity contribution in [3.63, 3.8) is 0 Å². The summed E-state index contributed by atoms with van der Waals surface area (Å²) in [5.74, 6) is -1.30. The Morgan fingerprint density at radius 1 is 1.16 bits per heavy atom. The first-order valence-corrected chi connectivity index (χ1v) is 11.7. The highest BCUT2D eigenvalue weighted by molar-refractivity contribution is 6.31. The number of anilines is 1. The van der Waals surface area contributed by atoms with Gasteiger partial charge >= 0.3 is 0 Å². The number of nitrogen functional groups attached to an aromatic ring is 1. The van der Waals surface area contributed by atoms with Crippen molar-refractivity contribution >= 4 is 17.4 Å². The first kappa shape index (κ1) is 23.0. The van der Waals surface area contributed by atoms with Gasteiger partial charge in [-0.2, -0.15) is 18.9 Å². The lowest BCUT2D eigenvalue weighted by Gasteiger charge is -2.25. The van der Waals surface area contributed by atoms with Crippen molar-refractivity contribution in [3.8, 4) is 27.9 Å². The van der Waals surface area contributed by atoms with Gasteiger partial charge < -0.3 is 10.9 Å². The van der Waals surface area contributed by atoms with Gasteiger partial charge in [-0.15, -0.1) is 5.10 Å². The number of hydrogen-bond acceptors (Lipinski definition) is 7. The van der Waals surface area contributed by atoms with Crippen LogP contribution < -0.4 is 10.5 Å². The molecule has 10 nitrogen and oxygen atoms in total. The maximum Gasteiger partial charge on any atom is 0.222 e. The van der Waals surface area contributed by atoms with E-state index in [4.69, 9.17) is 17.3 Å². The molecular weight excluding hydrogens is 504 g/mol. The lowest BCUT2D eigenvalue weighted by Crippen LogP contribution is -2.39. The molecule has 1 atom stereocenters. The molecule has 6 rings (SSSR count). The van der Waals surface area contributed by atoms with Gasteiger partial charge in [-0.1, -0.05) is 11.6 Å². The lowest BCUT2D eigenvalue weighted by molar-refractivity contribution is -0.616. The number of benzene rings is 1. The molecule has 1 aliphatic rings. The predicted octanol–water partition coefficient (Wildman–Crippen LogP) is 3.66. The highest BCUT2D eigenvalue weighted by atomic mass is 35.5. The molecule has 13 heteroatoms. The fourth-order valence-corrected chi connectivity index (χ4v) is 4.96. The van der Waals surface area contributed by atoms with Crippen LogP contribution in [0.3, 0.4) is 0 Å². The van der Waals surface area contributed by atoms with Crippen molar-refractivity contribution in [1.82, 2.24) is 35.0 Å². The summed E-state index contributed by atoms with van der Waals surface area (Å²) in [6, 6.07) is 7.44. The molecule has 0 unspecified atom stereocenters. The number of nitrogens with zero attached hydrogens (tertiary/aromatic N) is 8. The summed E-state index contributed by atoms with van der Waals surface area (Å²) in [5, 5.41) is 28.8. The van der Waals surface area contributed by atoms with Crippen molar-refractivity contribution in [2.75, 3.05) is 5.73 Å². The summed E-state index contributed by atoms with van der Waals surface area (Å²) in [4.78, 5) is 3.66. The monoisotopic (exact) mass is 521 g/mol. The van der Waals surface area contributed by atoms with Gasteiger partial charge in [0.15, 0.2) is 12.0 Å². The number of aryl methyl sites for hydroxylation is 1. The Balaban J connectivity index is 1.43. The van der Waals surface area contributed by atoms with E-state index in [-0.39, 0.29) is 22.0 Å². The molecule has 0 radical (unpaired) electrons. The average Bonchev–Trinajstić information content (AvgIpc) is 3.58. The molecule has 5 aromatic rings. The smallest absolute Gasteiger partial charge is 0.222 e. The zero-order chi connectivity index (χ0) is 25.7. The van der Waals surface area contributed by atoms with Gasteiger partial charge in [0.1, 0.15) is 18.2 Å². The van der Waals surface area contributed by atoms with Gasteiger partial charge in [0, 0.05) is 22.9 Å². The standard InChI is InChI=1S/C24H18ClF2N9O/c25-17-5-6-18(35-12-29-32-33-35)21(22(17)26)14-8-13-2-1-3-19(23(13)36(37)11-14)34-10-15(9-30-34)16-4-7-20(28)31-24(16)27/h4-12,19H,1-3H2,(H2,28,31)/t19-/m0/s1. The van der Waals surface area contributed by atoms with E-state index in [0.29, 0.717) is 35.3 Å². The molecule has 0 spiro atoms. The minimum Gasteiger partial charge on any atom is -0.618 e. The summed E-state index contributed by atoms with van der Waals surface area (Å²) >= 11 is 6.09. The quantitative estimate of drug-likeness (QED) is 0.217. The molecule has 0 aliphatic heterocycles. The predicted molar refractivity (Wildman–Crippen MR) is 129 cm³/mol. The number of tetrazole rings is 1. The highest BCUT2D eigenvalue weighted by Gasteiger charge is 2.32. The number of nitrogens with two attached hydrogens (primary N) is 1. The van der Waals surface area contributed by atoms with Gasteiger partial charge in [-0.3, -0.25) is 4.68 Å². The normalized spacial score (nSPS) is 15.1. The van der Waals surface area contributed by atoms with Crippen LogP contribution in [0.5, 0.6) is 0 Å². The third-order valence-electron chi connectivity index (χ3n) is 6.45. The first-order chi connectivity index (χ1) is 17.9. The Morgan fingerprint density at radius 3 is 2.81 bits per heavy atom. The summed E-state index contributed by atoms with van der Waals surface area (Å²) < 4.78 is 33.3. The van der Waals surface area contributed by atoms with Crippen LogP contribution in [0.25, 0.3) is 27.9 Å². The molecule has 0 bridgehead atoms. The Morgan fingerprint density at radius 2 is 2.03 bits per heavy atom. The largest absolute Gasteiger partial charge is 0.618 e. The number of aromatic nitrogens is 8. The van der Waals surface area contributed by atoms with Crippen LogP contribution in [-0.2, 0) is 6.42 Å². The molecule has 4 aromatic heterocycles. The molecule has 0 saturated carbocycles. The Bertz CT molecular complexity index is 1640. The van der Waals surface area contributed by atoms with Crippen molar-refractivity contribution in [3.05, 3.63) is 88.5 Å². The van der Waals surface area contributed by atoms with E-state index in [1.807, 2.05) is 0 Å². The van der Waals surface area contributed by atoms with Crippen LogP contribution in [0.15, 0.2) is 55.2 Å². The number of hydrogen-bond donors (Lipinski definition) is 1. The van der Waals surface area contributed by atoms with Crippen LogP contribution >= 0.6 is 11.6 Å². The maximum atomic E-state index is 15.3. The zero-order valence-electron chi connectivity index (χ0n) is 19.1. The second-order valence-electron chi connectivity index (χ2n) is 8.67. The second kappa shape index (κ2) is 8.89. The Kier molecular flexibility index (Phi) is 5.52. The van der Waals surface area contributed by atoms with Gasteiger partial charge in [0.05, 0.1) is 28.0 Å². The van der Waals surface area contributed by atoms with Crippen molar-refractivity contribution < 1.29 is 13.5 Å². The SMILES string of the molecule is Nc1ccc(-c2cnn([C@H]3CCCc4cc(-c5c(-n6cnnn6)ccc(Cl)c5F)c[n+]([O-])c43)c2)c(F)n1. The maximum absolute atomic E-state index is 15.3. The number of fused-ring (bicyclic) bond motifs is 1. The molecule has 0 saturated heterocycles. The molecule has 2 N–H and O–H groups in total. The second-order valence-corrected chi connectivity index (χ2v) is 9.07. The summed E-state index contributed by atoms with van der Waals surface area (Å²) in [5.41, 5.74) is 8.37. The number of pyridine rings is 2. The fraction of sp³-hybridized carbons (Fsp3) is 0.167. The lowest BCUT2D eigenvalue weighted by atomic mass is 9.89. The van der Waals surface area contributed by atoms with Gasteiger partial charge in [-0.05, 0) is 60.0 Å². The topological polar surface area (TPSA) is 127 Å². The minimum absolute atomic E-state index is 0.0810. The van der Waals surface area contributed by atoms with Gasteiger partial charge in [-0.25, -0.2) is 9.37 Å². The van der Waals surface area contributed by atoms with E-state index in [1.54, 1.807) is 23.0 Å². The molecule has 1 aromatic carbocycles. The molecule has 186 valence electrons. The molecule has 0 amide bonds. The van der Waals surface area contributed by atoms with Crippen LogP contribution in [0.1, 0.15) is 30.1 Å². The number of rotatable bonds is 4. The van der Waals surface area contributed by atoms with Crippen LogP contribution in [-0.4, -0.2) is 35.0 Å². The summed E-state index contributed by atoms with van der Waals surface area (Å²) in [6.07, 6.45) is 7.89. The molecule has 1 aliphatic carbocycles. The molecular formula is C24H18ClF2N9O. The molecule has 4 heterocycles. The Hall–Kier alpha value is -4.45. The van der Waals surface area contributed by atoms with Gasteiger partial charge in [0.2, 0.25) is 11.6 Å². The van der Waals surface area contributed by atoms with Crippen molar-refractivity contribution in [2.45, 2.75) is 25.3 Å². The summed E-state index contributed by atoms with van der Waals surface area (Å²) in [7, 11) is 0. The first-order valence-electron chi connectivity index (χ1n) is 11.3. The van der Waals surface area contributed by atoms with E-state index < -0.39 is 17.8 Å². The van der Waals surface area contributed by atoms with Crippen LogP contribution in [0, 0.1) is 17.0 Å². The molecule has 37 heavy (non-hydrogen) atoms. The van der Waals surface area contributed by atoms with E-state index in [0.717, 1.165) is 16.7 Å². The summed E-state index contributed by atoms with van der Waals surface area (Å²) in [6.45, 7) is 0. The van der Waals surface area contributed by atoms with E-state index in [9.17, 15) is 9.60 Å². The molecule has 0 fully saturated rings.